The second-order valence-electron chi connectivity index (χ2n) is 6.74. The largest absolute Gasteiger partial charge is 0.376 e. The van der Waals surface area contributed by atoms with Crippen LogP contribution in [0.3, 0.4) is 0 Å². The molecule has 8 nitrogen and oxygen atoms in total. The Labute approximate surface area is 154 Å². The van der Waals surface area contributed by atoms with Crippen LogP contribution in [0.2, 0.25) is 0 Å². The fourth-order valence-corrected chi connectivity index (χ4v) is 3.64. The van der Waals surface area contributed by atoms with Crippen molar-refractivity contribution in [2.24, 2.45) is 0 Å². The van der Waals surface area contributed by atoms with E-state index in [9.17, 15) is 4.79 Å². The van der Waals surface area contributed by atoms with Gasteiger partial charge < -0.3 is 14.5 Å². The number of nitrogens with zero attached hydrogens (tertiary/aromatic N) is 3. The van der Waals surface area contributed by atoms with Crippen LogP contribution in [0.25, 0.3) is 33.3 Å². The average molecular weight is 365 g/mol. The molecule has 0 unspecified atom stereocenters. The maximum Gasteiger partial charge on any atom is 0.327 e. The van der Waals surface area contributed by atoms with Crippen molar-refractivity contribution in [1.82, 2.24) is 24.5 Å². The number of aromatic nitrogens is 5. The number of H-pyrrole nitrogens is 2. The van der Waals surface area contributed by atoms with Gasteiger partial charge in [-0.25, -0.2) is 14.8 Å². The van der Waals surface area contributed by atoms with Crippen molar-refractivity contribution in [3.8, 4) is 11.1 Å². The highest BCUT2D eigenvalue weighted by atomic mass is 16.6. The molecule has 2 N–H and O–H groups in total. The molecular weight excluding hydrogens is 346 g/mol. The average Bonchev–Trinajstić information content (AvgIpc) is 3.28. The highest BCUT2D eigenvalue weighted by Crippen LogP contribution is 2.28. The standard InChI is InChI=1S/C19H19N5O3/c1-11-14-2-3-20-17(14)22-8-15(11)12-6-16-18(21-7-12)23-19(25)24(16)9-13-10-26-4-5-27-13/h2-3,6-8,13H,4-5,9-10H2,1H3,(H,20,22)(H,21,23,25)/t13-/m0/s1. The number of aromatic amines is 2. The highest BCUT2D eigenvalue weighted by Gasteiger charge is 2.19. The lowest BCUT2D eigenvalue weighted by atomic mass is 10.0. The van der Waals surface area contributed by atoms with Gasteiger partial charge >= 0.3 is 5.69 Å². The van der Waals surface area contributed by atoms with Crippen LogP contribution < -0.4 is 5.69 Å². The van der Waals surface area contributed by atoms with Gasteiger partial charge in [0.25, 0.3) is 0 Å². The van der Waals surface area contributed by atoms with E-state index in [-0.39, 0.29) is 11.8 Å². The summed E-state index contributed by atoms with van der Waals surface area (Å²) in [5.74, 6) is 0. The van der Waals surface area contributed by atoms with Crippen LogP contribution in [0.1, 0.15) is 5.56 Å². The lowest BCUT2D eigenvalue weighted by molar-refractivity contribution is -0.0934. The third kappa shape index (κ3) is 2.73. The summed E-state index contributed by atoms with van der Waals surface area (Å²) >= 11 is 0. The quantitative estimate of drug-likeness (QED) is 0.579. The summed E-state index contributed by atoms with van der Waals surface area (Å²) in [6.07, 6.45) is 5.35. The van der Waals surface area contributed by atoms with Gasteiger partial charge in [-0.05, 0) is 24.6 Å². The predicted molar refractivity (Wildman–Crippen MR) is 101 cm³/mol. The van der Waals surface area contributed by atoms with Gasteiger partial charge in [0.1, 0.15) is 5.65 Å². The van der Waals surface area contributed by atoms with Crippen LogP contribution in [-0.2, 0) is 16.0 Å². The molecule has 4 aromatic rings. The number of rotatable bonds is 3. The minimum Gasteiger partial charge on any atom is -0.376 e. The van der Waals surface area contributed by atoms with Gasteiger partial charge in [0.2, 0.25) is 0 Å². The van der Waals surface area contributed by atoms with Gasteiger partial charge in [-0.15, -0.1) is 0 Å². The normalized spacial score (nSPS) is 17.7. The molecule has 0 amide bonds. The van der Waals surface area contributed by atoms with Crippen molar-refractivity contribution in [3.05, 3.63) is 46.8 Å². The third-order valence-corrected chi connectivity index (χ3v) is 5.07. The Morgan fingerprint density at radius 1 is 1.26 bits per heavy atom. The lowest BCUT2D eigenvalue weighted by Crippen LogP contribution is -2.34. The molecule has 1 atom stereocenters. The molecule has 1 saturated heterocycles. The van der Waals surface area contributed by atoms with Crippen LogP contribution >= 0.6 is 0 Å². The molecule has 0 aliphatic carbocycles. The molecular formula is C19H19N5O3. The predicted octanol–water partition coefficient (Wildman–Crippen LogP) is 1.99. The summed E-state index contributed by atoms with van der Waals surface area (Å²) in [7, 11) is 0. The van der Waals surface area contributed by atoms with Crippen molar-refractivity contribution >= 4 is 22.2 Å². The fourth-order valence-electron chi connectivity index (χ4n) is 3.64. The summed E-state index contributed by atoms with van der Waals surface area (Å²) < 4.78 is 12.8. The zero-order valence-corrected chi connectivity index (χ0v) is 14.9. The van der Waals surface area contributed by atoms with Crippen LogP contribution in [0.15, 0.2) is 35.5 Å². The maximum atomic E-state index is 12.4. The van der Waals surface area contributed by atoms with Crippen LogP contribution in [0.5, 0.6) is 0 Å². The second kappa shape index (κ2) is 6.33. The number of ether oxygens (including phenoxy) is 2. The molecule has 1 fully saturated rings. The molecule has 8 heteroatoms. The SMILES string of the molecule is Cc1c(-c2cnc3[nH]c(=O)n(C[C@H]4COCCO4)c3c2)cnc2[nH]ccc12. The van der Waals surface area contributed by atoms with E-state index in [0.717, 1.165) is 33.2 Å². The van der Waals surface area contributed by atoms with E-state index >= 15 is 0 Å². The van der Waals surface area contributed by atoms with E-state index in [1.165, 1.54) is 0 Å². The van der Waals surface area contributed by atoms with E-state index in [1.54, 1.807) is 10.8 Å². The Morgan fingerprint density at radius 2 is 2.15 bits per heavy atom. The van der Waals surface area contributed by atoms with Gasteiger partial charge in [-0.1, -0.05) is 0 Å². The highest BCUT2D eigenvalue weighted by molar-refractivity contribution is 5.88. The third-order valence-electron chi connectivity index (χ3n) is 5.07. The van der Waals surface area contributed by atoms with Crippen LogP contribution in [-0.4, -0.2) is 50.4 Å². The van der Waals surface area contributed by atoms with E-state index in [2.05, 4.69) is 26.9 Å². The molecule has 0 spiro atoms. The molecule has 27 heavy (non-hydrogen) atoms. The first-order valence-corrected chi connectivity index (χ1v) is 8.91. The second-order valence-corrected chi connectivity index (χ2v) is 6.74. The van der Waals surface area contributed by atoms with Gasteiger partial charge in [-0.2, -0.15) is 0 Å². The Balaban J connectivity index is 1.60. The van der Waals surface area contributed by atoms with Crippen molar-refractivity contribution < 1.29 is 9.47 Å². The Morgan fingerprint density at radius 3 is 3.00 bits per heavy atom. The summed E-state index contributed by atoms with van der Waals surface area (Å²) in [5.41, 5.74) is 5.01. The molecule has 0 radical (unpaired) electrons. The molecule has 5 rings (SSSR count). The number of hydrogen-bond donors (Lipinski definition) is 2. The molecule has 1 aliphatic rings. The number of nitrogens with one attached hydrogen (secondary N) is 2. The Hall–Kier alpha value is -2.97. The molecule has 138 valence electrons. The van der Waals surface area contributed by atoms with E-state index < -0.39 is 0 Å². The summed E-state index contributed by atoms with van der Waals surface area (Å²) in [5, 5.41) is 1.08. The lowest BCUT2D eigenvalue weighted by Gasteiger charge is -2.23. The maximum absolute atomic E-state index is 12.4. The van der Waals surface area contributed by atoms with Crippen molar-refractivity contribution in [1.29, 1.82) is 0 Å². The van der Waals surface area contributed by atoms with Gasteiger partial charge in [0.15, 0.2) is 5.65 Å². The molecule has 4 aromatic heterocycles. The van der Waals surface area contributed by atoms with Gasteiger partial charge in [-0.3, -0.25) is 9.55 Å². The first-order valence-electron chi connectivity index (χ1n) is 8.91. The Kier molecular flexibility index (Phi) is 3.80. The summed E-state index contributed by atoms with van der Waals surface area (Å²) in [6, 6.07) is 3.99. The molecule has 0 bridgehead atoms. The number of fused-ring (bicyclic) bond motifs is 2. The van der Waals surface area contributed by atoms with Crippen LogP contribution in [0.4, 0.5) is 0 Å². The smallest absolute Gasteiger partial charge is 0.327 e. The fraction of sp³-hybridized carbons (Fsp3) is 0.316. The number of imidazole rings is 1. The monoisotopic (exact) mass is 365 g/mol. The van der Waals surface area contributed by atoms with Crippen LogP contribution in [0, 0.1) is 6.92 Å². The van der Waals surface area contributed by atoms with Gasteiger partial charge in [0, 0.05) is 35.1 Å². The summed E-state index contributed by atoms with van der Waals surface area (Å²) in [4.78, 5) is 27.3. The van der Waals surface area contributed by atoms with E-state index in [0.29, 0.717) is 32.0 Å². The number of hydrogen-bond acceptors (Lipinski definition) is 5. The summed E-state index contributed by atoms with van der Waals surface area (Å²) in [6.45, 7) is 4.12. The molecule has 5 heterocycles. The zero-order valence-electron chi connectivity index (χ0n) is 14.9. The van der Waals surface area contributed by atoms with E-state index in [4.69, 9.17) is 9.47 Å². The van der Waals surface area contributed by atoms with Gasteiger partial charge in [0.05, 0.1) is 38.0 Å². The Bertz CT molecular complexity index is 1180. The van der Waals surface area contributed by atoms with Crippen molar-refractivity contribution in [2.75, 3.05) is 19.8 Å². The zero-order chi connectivity index (χ0) is 18.4. The van der Waals surface area contributed by atoms with Crippen molar-refractivity contribution in [2.45, 2.75) is 19.6 Å². The molecule has 0 saturated carbocycles. The number of aryl methyl sites for hydroxylation is 1. The van der Waals surface area contributed by atoms with E-state index in [1.807, 2.05) is 24.5 Å². The minimum absolute atomic E-state index is 0.140. The number of pyridine rings is 2. The topological polar surface area (TPSA) is 97.8 Å². The molecule has 1 aliphatic heterocycles. The minimum atomic E-state index is -0.195. The first-order chi connectivity index (χ1) is 13.2. The van der Waals surface area contributed by atoms with Crippen molar-refractivity contribution in [3.63, 3.8) is 0 Å². The first kappa shape index (κ1) is 16.2. The molecule has 0 aromatic carbocycles.